The molecule has 1 aromatic rings. The van der Waals surface area contributed by atoms with Crippen molar-refractivity contribution < 1.29 is 13.2 Å². The van der Waals surface area contributed by atoms with E-state index in [1.807, 2.05) is 0 Å². The van der Waals surface area contributed by atoms with Crippen molar-refractivity contribution in [3.05, 3.63) is 36.2 Å². The lowest BCUT2D eigenvalue weighted by Gasteiger charge is -2.09. The van der Waals surface area contributed by atoms with Gasteiger partial charge in [0.05, 0.1) is 5.56 Å². The summed E-state index contributed by atoms with van der Waals surface area (Å²) in [6.07, 6.45) is -4.35. The van der Waals surface area contributed by atoms with E-state index in [1.165, 1.54) is 13.1 Å². The second-order valence-corrected chi connectivity index (χ2v) is 2.59. The predicted octanol–water partition coefficient (Wildman–Crippen LogP) is 2.81. The van der Waals surface area contributed by atoms with Crippen LogP contribution in [0.15, 0.2) is 18.2 Å². The molecule has 0 amide bonds. The molecule has 1 N–H and O–H groups in total. The molecule has 0 saturated carbocycles. The molecule has 0 aliphatic heterocycles. The summed E-state index contributed by atoms with van der Waals surface area (Å²) < 4.78 is 36.6. The zero-order valence-corrected chi connectivity index (χ0v) is 6.94. The van der Waals surface area contributed by atoms with Gasteiger partial charge in [0.15, 0.2) is 0 Å². The summed E-state index contributed by atoms with van der Waals surface area (Å²) in [5, 5.41) is 2.60. The van der Waals surface area contributed by atoms with Crippen LogP contribution in [0.25, 0.3) is 0 Å². The maximum absolute atomic E-state index is 12.2. The van der Waals surface area contributed by atoms with E-state index in [1.54, 1.807) is 0 Å². The molecule has 0 heterocycles. The Hall–Kier alpha value is -1.19. The Bertz CT molecular complexity index is 304. The second-order valence-electron chi connectivity index (χ2n) is 2.59. The van der Waals surface area contributed by atoms with E-state index in [-0.39, 0.29) is 5.56 Å². The van der Waals surface area contributed by atoms with Crippen LogP contribution >= 0.6 is 0 Å². The quantitative estimate of drug-likeness (QED) is 0.712. The second kappa shape index (κ2) is 3.28. The summed E-state index contributed by atoms with van der Waals surface area (Å²) in [6, 6.07) is 3.35. The van der Waals surface area contributed by atoms with Crippen molar-refractivity contribution in [2.45, 2.75) is 6.18 Å². The molecule has 0 aromatic heterocycles. The summed E-state index contributed by atoms with van der Waals surface area (Å²) in [5.74, 6) is 0. The molecule has 13 heavy (non-hydrogen) atoms. The van der Waals surface area contributed by atoms with Gasteiger partial charge < -0.3 is 5.32 Å². The molecule has 0 saturated heterocycles. The van der Waals surface area contributed by atoms with Crippen molar-refractivity contribution in [1.82, 2.24) is 0 Å². The van der Waals surface area contributed by atoms with Gasteiger partial charge in [-0.2, -0.15) is 13.2 Å². The van der Waals surface area contributed by atoms with Gasteiger partial charge in [-0.1, -0.05) is 0 Å². The molecule has 0 spiro atoms. The van der Waals surface area contributed by atoms with Crippen LogP contribution in [-0.2, 0) is 6.18 Å². The van der Waals surface area contributed by atoms with Crippen molar-refractivity contribution in [3.8, 4) is 0 Å². The highest BCUT2D eigenvalue weighted by molar-refractivity contribution is 5.49. The zero-order chi connectivity index (χ0) is 10.1. The van der Waals surface area contributed by atoms with Gasteiger partial charge in [-0.05, 0) is 30.7 Å². The minimum absolute atomic E-state index is 0.0965. The summed E-state index contributed by atoms with van der Waals surface area (Å²) in [4.78, 5) is 0. The fraction of sp³-hybridized carbons (Fsp3) is 0.222. The molecule has 0 aliphatic carbocycles. The van der Waals surface area contributed by atoms with Gasteiger partial charge in [-0.25, -0.2) is 0 Å². The van der Waals surface area contributed by atoms with Gasteiger partial charge in [0, 0.05) is 12.7 Å². The Morgan fingerprint density at radius 1 is 1.23 bits per heavy atom. The van der Waals surface area contributed by atoms with Crippen LogP contribution < -0.4 is 5.32 Å². The molecule has 1 rings (SSSR count). The van der Waals surface area contributed by atoms with Crippen molar-refractivity contribution in [3.63, 3.8) is 0 Å². The third kappa shape index (κ3) is 2.37. The number of nitrogens with one attached hydrogen (secondary N) is 1. The SMILES string of the molecule is [CH]c1cc(NC)cc(C(F)(F)F)c1. The van der Waals surface area contributed by atoms with Gasteiger partial charge in [0.25, 0.3) is 0 Å². The molecule has 0 fully saturated rings. The van der Waals surface area contributed by atoms with Gasteiger partial charge >= 0.3 is 6.18 Å². The Balaban J connectivity index is 3.16. The minimum atomic E-state index is -4.35. The van der Waals surface area contributed by atoms with E-state index >= 15 is 0 Å². The number of alkyl halides is 3. The Kier molecular flexibility index (Phi) is 2.50. The summed E-state index contributed by atoms with van der Waals surface area (Å²) in [7, 11) is 1.54. The molecule has 70 valence electrons. The van der Waals surface area contributed by atoms with Crippen LogP contribution in [-0.4, -0.2) is 7.05 Å². The predicted molar refractivity (Wildman–Crippen MR) is 44.4 cm³/mol. The van der Waals surface area contributed by atoms with Gasteiger partial charge in [0.2, 0.25) is 0 Å². The lowest BCUT2D eigenvalue weighted by atomic mass is 10.1. The molecule has 0 aliphatic rings. The Morgan fingerprint density at radius 3 is 2.31 bits per heavy atom. The average molecular weight is 187 g/mol. The zero-order valence-electron chi connectivity index (χ0n) is 6.94. The first-order valence-electron chi connectivity index (χ1n) is 3.59. The first-order valence-corrected chi connectivity index (χ1v) is 3.59. The minimum Gasteiger partial charge on any atom is -0.388 e. The normalized spacial score (nSPS) is 11.5. The van der Waals surface area contributed by atoms with E-state index in [9.17, 15) is 13.2 Å². The number of hydrogen-bond donors (Lipinski definition) is 1. The van der Waals surface area contributed by atoms with Crippen LogP contribution in [0.1, 0.15) is 11.1 Å². The standard InChI is InChI=1S/C9H8F3N/c1-6-3-7(9(10,11)12)5-8(4-6)13-2/h1,3-5,13H,2H3. The number of benzene rings is 1. The molecule has 0 unspecified atom stereocenters. The maximum Gasteiger partial charge on any atom is 0.416 e. The number of anilines is 1. The van der Waals surface area contributed by atoms with Crippen molar-refractivity contribution in [2.24, 2.45) is 0 Å². The molecule has 2 radical (unpaired) electrons. The first kappa shape index (κ1) is 9.89. The third-order valence-electron chi connectivity index (χ3n) is 1.57. The molecule has 1 nitrogen and oxygen atoms in total. The largest absolute Gasteiger partial charge is 0.416 e. The molecular formula is C9H8F3N. The molecule has 4 heteroatoms. The Morgan fingerprint density at radius 2 is 1.85 bits per heavy atom. The van der Waals surface area contributed by atoms with Crippen molar-refractivity contribution >= 4 is 5.69 Å². The summed E-state index contributed by atoms with van der Waals surface area (Å²) >= 11 is 0. The van der Waals surface area contributed by atoms with E-state index in [0.29, 0.717) is 5.69 Å². The highest BCUT2D eigenvalue weighted by Crippen LogP contribution is 2.31. The van der Waals surface area contributed by atoms with E-state index in [2.05, 4.69) is 5.32 Å². The topological polar surface area (TPSA) is 12.0 Å². The highest BCUT2D eigenvalue weighted by Gasteiger charge is 2.30. The van der Waals surface area contributed by atoms with E-state index in [4.69, 9.17) is 6.92 Å². The van der Waals surface area contributed by atoms with Gasteiger partial charge in [-0.15, -0.1) is 0 Å². The lowest BCUT2D eigenvalue weighted by molar-refractivity contribution is -0.137. The fourth-order valence-corrected chi connectivity index (χ4v) is 0.960. The number of hydrogen-bond acceptors (Lipinski definition) is 1. The smallest absolute Gasteiger partial charge is 0.388 e. The van der Waals surface area contributed by atoms with Crippen LogP contribution in [0.5, 0.6) is 0 Å². The van der Waals surface area contributed by atoms with Crippen molar-refractivity contribution in [1.29, 1.82) is 0 Å². The van der Waals surface area contributed by atoms with Crippen LogP contribution in [0.3, 0.4) is 0 Å². The average Bonchev–Trinajstić information content (AvgIpc) is 2.01. The fourth-order valence-electron chi connectivity index (χ4n) is 0.960. The summed E-state index contributed by atoms with van der Waals surface area (Å²) in [5.41, 5.74) is -0.289. The number of halogens is 3. The molecule has 0 atom stereocenters. The molecule has 0 bridgehead atoms. The van der Waals surface area contributed by atoms with Gasteiger partial charge in [-0.3, -0.25) is 0 Å². The Labute approximate surface area is 74.6 Å². The first-order chi connectivity index (χ1) is 5.93. The molecule has 1 aromatic carbocycles. The lowest BCUT2D eigenvalue weighted by Crippen LogP contribution is -2.06. The van der Waals surface area contributed by atoms with Crippen LogP contribution in [0.4, 0.5) is 18.9 Å². The van der Waals surface area contributed by atoms with Crippen molar-refractivity contribution in [2.75, 3.05) is 12.4 Å². The monoisotopic (exact) mass is 187 g/mol. The number of rotatable bonds is 1. The van der Waals surface area contributed by atoms with E-state index in [0.717, 1.165) is 12.1 Å². The third-order valence-corrected chi connectivity index (χ3v) is 1.57. The summed E-state index contributed by atoms with van der Waals surface area (Å²) in [6.45, 7) is 5.29. The van der Waals surface area contributed by atoms with Crippen LogP contribution in [0, 0.1) is 6.92 Å². The van der Waals surface area contributed by atoms with Crippen LogP contribution in [0.2, 0.25) is 0 Å². The maximum atomic E-state index is 12.2. The highest BCUT2D eigenvalue weighted by atomic mass is 19.4. The van der Waals surface area contributed by atoms with E-state index < -0.39 is 11.7 Å². The molecular weight excluding hydrogens is 179 g/mol. The van der Waals surface area contributed by atoms with Gasteiger partial charge in [0.1, 0.15) is 0 Å².